The van der Waals surface area contributed by atoms with Gasteiger partial charge < -0.3 is 15.2 Å². The molecule has 106 valence electrons. The highest BCUT2D eigenvalue weighted by molar-refractivity contribution is 5.43. The molecule has 0 spiro atoms. The number of aryl methyl sites for hydroxylation is 1. The first-order chi connectivity index (χ1) is 9.72. The Bertz CT molecular complexity index is 549. The highest BCUT2D eigenvalue weighted by Gasteiger charge is 2.06. The number of hydrogen-bond acceptors (Lipinski definition) is 3. The van der Waals surface area contributed by atoms with E-state index in [1.807, 2.05) is 18.2 Å². The second-order valence-electron chi connectivity index (χ2n) is 4.80. The van der Waals surface area contributed by atoms with E-state index < -0.39 is 0 Å². The van der Waals surface area contributed by atoms with Crippen LogP contribution in [0, 0.1) is 6.92 Å². The molecule has 0 unspecified atom stereocenters. The van der Waals surface area contributed by atoms with Crippen molar-refractivity contribution in [3.05, 3.63) is 59.2 Å². The minimum absolute atomic E-state index is 0.535. The van der Waals surface area contributed by atoms with Crippen LogP contribution in [0.15, 0.2) is 42.5 Å². The van der Waals surface area contributed by atoms with Gasteiger partial charge >= 0.3 is 0 Å². The van der Waals surface area contributed by atoms with Gasteiger partial charge in [0.05, 0.1) is 7.11 Å². The lowest BCUT2D eigenvalue weighted by atomic mass is 10.1. The summed E-state index contributed by atoms with van der Waals surface area (Å²) in [5, 5.41) is 0. The summed E-state index contributed by atoms with van der Waals surface area (Å²) in [5.74, 6) is 1.51. The van der Waals surface area contributed by atoms with Gasteiger partial charge in [0.1, 0.15) is 6.61 Å². The fraction of sp³-hybridized carbons (Fsp3) is 0.294. The molecule has 0 fully saturated rings. The zero-order valence-electron chi connectivity index (χ0n) is 12.1. The fourth-order valence-corrected chi connectivity index (χ4v) is 2.00. The van der Waals surface area contributed by atoms with Crippen LogP contribution in [0.4, 0.5) is 0 Å². The van der Waals surface area contributed by atoms with Crippen molar-refractivity contribution in [3.8, 4) is 11.5 Å². The predicted octanol–water partition coefficient (Wildman–Crippen LogP) is 3.08. The Labute approximate surface area is 120 Å². The van der Waals surface area contributed by atoms with E-state index in [0.29, 0.717) is 13.2 Å². The second-order valence-corrected chi connectivity index (χ2v) is 4.80. The Kier molecular flexibility index (Phi) is 5.02. The van der Waals surface area contributed by atoms with Crippen molar-refractivity contribution in [2.24, 2.45) is 5.73 Å². The summed E-state index contributed by atoms with van der Waals surface area (Å²) in [4.78, 5) is 0. The van der Waals surface area contributed by atoms with E-state index in [1.165, 1.54) is 5.56 Å². The molecule has 0 heterocycles. The van der Waals surface area contributed by atoms with Crippen molar-refractivity contribution in [3.63, 3.8) is 0 Å². The van der Waals surface area contributed by atoms with Gasteiger partial charge in [-0.3, -0.25) is 0 Å². The van der Waals surface area contributed by atoms with Crippen LogP contribution in [0.25, 0.3) is 0 Å². The third kappa shape index (κ3) is 3.75. The summed E-state index contributed by atoms with van der Waals surface area (Å²) in [6, 6.07) is 14.3. The van der Waals surface area contributed by atoms with Crippen LogP contribution >= 0.6 is 0 Å². The maximum atomic E-state index is 5.83. The van der Waals surface area contributed by atoms with Crippen LogP contribution < -0.4 is 15.2 Å². The van der Waals surface area contributed by atoms with Crippen LogP contribution in [0.3, 0.4) is 0 Å². The molecule has 0 bridgehead atoms. The number of rotatable bonds is 6. The number of ether oxygens (including phenoxy) is 2. The van der Waals surface area contributed by atoms with Crippen molar-refractivity contribution < 1.29 is 9.47 Å². The van der Waals surface area contributed by atoms with E-state index in [4.69, 9.17) is 15.2 Å². The molecular weight excluding hydrogens is 250 g/mol. The summed E-state index contributed by atoms with van der Waals surface area (Å²) in [6.07, 6.45) is 0.842. The third-order valence-corrected chi connectivity index (χ3v) is 3.18. The van der Waals surface area contributed by atoms with Gasteiger partial charge in [-0.25, -0.2) is 0 Å². The van der Waals surface area contributed by atoms with Crippen LogP contribution in [0.2, 0.25) is 0 Å². The molecule has 0 saturated heterocycles. The van der Waals surface area contributed by atoms with E-state index in [9.17, 15) is 0 Å². The molecule has 0 aliphatic rings. The number of nitrogens with two attached hydrogens (primary N) is 1. The Morgan fingerprint density at radius 1 is 0.950 bits per heavy atom. The zero-order valence-corrected chi connectivity index (χ0v) is 12.1. The lowest BCUT2D eigenvalue weighted by Crippen LogP contribution is -2.03. The molecule has 2 aromatic carbocycles. The quantitative estimate of drug-likeness (QED) is 0.878. The van der Waals surface area contributed by atoms with E-state index in [2.05, 4.69) is 31.2 Å². The molecule has 20 heavy (non-hydrogen) atoms. The average Bonchev–Trinajstić information content (AvgIpc) is 2.47. The van der Waals surface area contributed by atoms with Crippen molar-refractivity contribution in [1.82, 2.24) is 0 Å². The minimum atomic E-state index is 0.535. The smallest absolute Gasteiger partial charge is 0.161 e. The predicted molar refractivity (Wildman–Crippen MR) is 81.3 cm³/mol. The molecule has 0 radical (unpaired) electrons. The molecule has 0 aliphatic carbocycles. The Hall–Kier alpha value is -2.00. The van der Waals surface area contributed by atoms with E-state index >= 15 is 0 Å². The topological polar surface area (TPSA) is 44.5 Å². The zero-order chi connectivity index (χ0) is 14.4. The molecule has 0 saturated carbocycles. The highest BCUT2D eigenvalue weighted by atomic mass is 16.5. The molecule has 3 heteroatoms. The molecule has 3 nitrogen and oxygen atoms in total. The molecule has 2 rings (SSSR count). The number of hydrogen-bond donors (Lipinski definition) is 1. The molecule has 0 aliphatic heterocycles. The van der Waals surface area contributed by atoms with Crippen LogP contribution in [0.5, 0.6) is 11.5 Å². The van der Waals surface area contributed by atoms with Gasteiger partial charge in [0, 0.05) is 0 Å². The number of methoxy groups -OCH3 is 1. The summed E-state index contributed by atoms with van der Waals surface area (Å²) in [5.41, 5.74) is 9.11. The monoisotopic (exact) mass is 271 g/mol. The van der Waals surface area contributed by atoms with Crippen LogP contribution in [-0.2, 0) is 13.0 Å². The van der Waals surface area contributed by atoms with Crippen molar-refractivity contribution >= 4 is 0 Å². The highest BCUT2D eigenvalue weighted by Crippen LogP contribution is 2.29. The number of benzene rings is 2. The van der Waals surface area contributed by atoms with E-state index in [-0.39, 0.29) is 0 Å². The van der Waals surface area contributed by atoms with Crippen molar-refractivity contribution in [2.75, 3.05) is 13.7 Å². The summed E-state index contributed by atoms with van der Waals surface area (Å²) in [7, 11) is 1.65. The summed E-state index contributed by atoms with van der Waals surface area (Å²) < 4.78 is 11.2. The Morgan fingerprint density at radius 2 is 1.65 bits per heavy atom. The molecule has 0 atom stereocenters. The van der Waals surface area contributed by atoms with Gasteiger partial charge in [0.15, 0.2) is 11.5 Å². The van der Waals surface area contributed by atoms with E-state index in [0.717, 1.165) is 29.0 Å². The van der Waals surface area contributed by atoms with Gasteiger partial charge in [-0.2, -0.15) is 0 Å². The van der Waals surface area contributed by atoms with Gasteiger partial charge in [-0.05, 0) is 43.1 Å². The second kappa shape index (κ2) is 6.96. The SMILES string of the molecule is COc1cc(CCN)ccc1OCc1ccc(C)cc1. The molecular formula is C17H21NO2. The first-order valence-electron chi connectivity index (χ1n) is 6.78. The summed E-state index contributed by atoms with van der Waals surface area (Å²) >= 11 is 0. The standard InChI is InChI=1S/C17H21NO2/c1-13-3-5-15(6-4-13)12-20-16-8-7-14(9-10-18)11-17(16)19-2/h3-8,11H,9-10,12,18H2,1-2H3. The molecule has 0 amide bonds. The maximum Gasteiger partial charge on any atom is 0.161 e. The molecule has 2 N–H and O–H groups in total. The lowest BCUT2D eigenvalue weighted by molar-refractivity contribution is 0.284. The fourth-order valence-electron chi connectivity index (χ4n) is 2.00. The largest absolute Gasteiger partial charge is 0.493 e. The Morgan fingerprint density at radius 3 is 2.30 bits per heavy atom. The first kappa shape index (κ1) is 14.4. The lowest BCUT2D eigenvalue weighted by Gasteiger charge is -2.12. The Balaban J connectivity index is 2.06. The van der Waals surface area contributed by atoms with Gasteiger partial charge in [-0.1, -0.05) is 35.9 Å². The maximum absolute atomic E-state index is 5.83. The first-order valence-corrected chi connectivity index (χ1v) is 6.78. The van der Waals surface area contributed by atoms with Crippen molar-refractivity contribution in [1.29, 1.82) is 0 Å². The summed E-state index contributed by atoms with van der Waals surface area (Å²) in [6.45, 7) is 3.24. The van der Waals surface area contributed by atoms with Gasteiger partial charge in [0.2, 0.25) is 0 Å². The van der Waals surface area contributed by atoms with E-state index in [1.54, 1.807) is 7.11 Å². The van der Waals surface area contributed by atoms with Crippen LogP contribution in [0.1, 0.15) is 16.7 Å². The minimum Gasteiger partial charge on any atom is -0.493 e. The third-order valence-electron chi connectivity index (χ3n) is 3.18. The molecule has 0 aromatic heterocycles. The van der Waals surface area contributed by atoms with Gasteiger partial charge in [-0.15, -0.1) is 0 Å². The van der Waals surface area contributed by atoms with Crippen LogP contribution in [-0.4, -0.2) is 13.7 Å². The van der Waals surface area contributed by atoms with Crippen molar-refractivity contribution in [2.45, 2.75) is 20.0 Å². The molecule has 2 aromatic rings. The average molecular weight is 271 g/mol. The normalized spacial score (nSPS) is 10.3. The van der Waals surface area contributed by atoms with Gasteiger partial charge in [0.25, 0.3) is 0 Å².